The van der Waals surface area contributed by atoms with Crippen molar-refractivity contribution in [3.05, 3.63) is 0 Å². The first-order valence-electron chi connectivity index (χ1n) is 4.96. The van der Waals surface area contributed by atoms with Crippen LogP contribution in [0.1, 0.15) is 33.6 Å². The first-order valence-corrected chi connectivity index (χ1v) is 4.96. The van der Waals surface area contributed by atoms with Gasteiger partial charge in [-0.05, 0) is 31.6 Å². The molecule has 3 nitrogen and oxygen atoms in total. The van der Waals surface area contributed by atoms with E-state index in [0.29, 0.717) is 12.3 Å². The third-order valence-corrected chi connectivity index (χ3v) is 2.73. The van der Waals surface area contributed by atoms with Crippen LogP contribution in [0, 0.1) is 11.8 Å². The Hall–Kier alpha value is -0.120. The molecule has 0 aliphatic rings. The van der Waals surface area contributed by atoms with Gasteiger partial charge in [0.2, 0.25) is 0 Å². The van der Waals surface area contributed by atoms with E-state index in [1.807, 2.05) is 6.92 Å². The van der Waals surface area contributed by atoms with Crippen LogP contribution < -0.4 is 0 Å². The van der Waals surface area contributed by atoms with Crippen molar-refractivity contribution < 1.29 is 15.3 Å². The third kappa shape index (κ3) is 5.24. The molecular formula is C10H22O3. The second kappa shape index (κ2) is 6.35. The highest BCUT2D eigenvalue weighted by Crippen LogP contribution is 2.18. The molecule has 3 N–H and O–H groups in total. The highest BCUT2D eigenvalue weighted by molar-refractivity contribution is 4.67. The Morgan fingerprint density at radius 1 is 0.923 bits per heavy atom. The van der Waals surface area contributed by atoms with E-state index in [1.54, 1.807) is 6.92 Å². The molecule has 0 saturated heterocycles. The Labute approximate surface area is 80.4 Å². The molecule has 80 valence electrons. The summed E-state index contributed by atoms with van der Waals surface area (Å²) in [6.07, 6.45) is 0.154. The fourth-order valence-electron chi connectivity index (χ4n) is 1.14. The molecule has 0 aromatic rings. The normalized spacial score (nSPS) is 20.8. The summed E-state index contributed by atoms with van der Waals surface area (Å²) in [6, 6.07) is 0. The summed E-state index contributed by atoms with van der Waals surface area (Å²) in [4.78, 5) is 0. The van der Waals surface area contributed by atoms with Gasteiger partial charge in [0.05, 0.1) is 12.2 Å². The number of aliphatic hydroxyl groups excluding tert-OH is 3. The summed E-state index contributed by atoms with van der Waals surface area (Å²) >= 11 is 0. The lowest BCUT2D eigenvalue weighted by molar-refractivity contribution is 0.0204. The van der Waals surface area contributed by atoms with E-state index in [4.69, 9.17) is 10.2 Å². The minimum atomic E-state index is -0.656. The van der Waals surface area contributed by atoms with Gasteiger partial charge in [-0.2, -0.15) is 0 Å². The molecule has 0 spiro atoms. The van der Waals surface area contributed by atoms with E-state index < -0.39 is 12.2 Å². The minimum Gasteiger partial charge on any atom is -0.396 e. The summed E-state index contributed by atoms with van der Waals surface area (Å²) < 4.78 is 0. The predicted molar refractivity (Wildman–Crippen MR) is 52.3 cm³/mol. The molecule has 0 bridgehead atoms. The van der Waals surface area contributed by atoms with Crippen molar-refractivity contribution in [2.45, 2.75) is 45.8 Å². The molecular weight excluding hydrogens is 168 g/mol. The van der Waals surface area contributed by atoms with Gasteiger partial charge < -0.3 is 15.3 Å². The van der Waals surface area contributed by atoms with Crippen LogP contribution in [0.3, 0.4) is 0 Å². The van der Waals surface area contributed by atoms with Gasteiger partial charge in [-0.25, -0.2) is 0 Å². The molecule has 0 aliphatic carbocycles. The molecule has 0 radical (unpaired) electrons. The Bertz CT molecular complexity index is 125. The van der Waals surface area contributed by atoms with Crippen molar-refractivity contribution in [1.82, 2.24) is 0 Å². The lowest BCUT2D eigenvalue weighted by Gasteiger charge is -2.20. The molecule has 0 aromatic carbocycles. The van der Waals surface area contributed by atoms with E-state index in [9.17, 15) is 5.11 Å². The number of aliphatic hydroxyl groups is 3. The van der Waals surface area contributed by atoms with Crippen molar-refractivity contribution >= 4 is 0 Å². The zero-order valence-electron chi connectivity index (χ0n) is 8.77. The second-order valence-electron chi connectivity index (χ2n) is 4.02. The van der Waals surface area contributed by atoms with Crippen LogP contribution in [0.4, 0.5) is 0 Å². The fraction of sp³-hybridized carbons (Fsp3) is 1.00. The summed E-state index contributed by atoms with van der Waals surface area (Å²) in [5, 5.41) is 27.2. The number of rotatable bonds is 6. The number of hydrogen-bond acceptors (Lipinski definition) is 3. The van der Waals surface area contributed by atoms with Crippen molar-refractivity contribution in [3.8, 4) is 0 Å². The lowest BCUT2D eigenvalue weighted by atomic mass is 9.90. The van der Waals surface area contributed by atoms with Gasteiger partial charge in [0.15, 0.2) is 0 Å². The zero-order valence-corrected chi connectivity index (χ0v) is 8.77. The molecule has 0 fully saturated rings. The minimum absolute atomic E-state index is 0.186. The maximum Gasteiger partial charge on any atom is 0.0796 e. The molecule has 0 heterocycles. The van der Waals surface area contributed by atoms with E-state index in [0.717, 1.165) is 6.42 Å². The molecule has 0 amide bonds. The maximum absolute atomic E-state index is 9.32. The zero-order chi connectivity index (χ0) is 10.4. The van der Waals surface area contributed by atoms with Gasteiger partial charge in [-0.15, -0.1) is 0 Å². The quantitative estimate of drug-likeness (QED) is 0.580. The average Bonchev–Trinajstić information content (AvgIpc) is 2.11. The van der Waals surface area contributed by atoms with E-state index in [-0.39, 0.29) is 12.5 Å². The monoisotopic (exact) mass is 190 g/mol. The van der Waals surface area contributed by atoms with Gasteiger partial charge in [0.25, 0.3) is 0 Å². The summed E-state index contributed by atoms with van der Waals surface area (Å²) in [6.45, 7) is 5.81. The average molecular weight is 190 g/mol. The first-order chi connectivity index (χ1) is 5.99. The van der Waals surface area contributed by atoms with Crippen molar-refractivity contribution in [2.75, 3.05) is 6.61 Å². The smallest absolute Gasteiger partial charge is 0.0796 e. The van der Waals surface area contributed by atoms with Crippen LogP contribution in [0.2, 0.25) is 0 Å². The maximum atomic E-state index is 9.32. The Kier molecular flexibility index (Phi) is 6.29. The van der Waals surface area contributed by atoms with E-state index in [2.05, 4.69) is 6.92 Å². The van der Waals surface area contributed by atoms with Crippen LogP contribution in [-0.2, 0) is 0 Å². The fourth-order valence-corrected chi connectivity index (χ4v) is 1.14. The molecule has 0 aliphatic heterocycles. The summed E-state index contributed by atoms with van der Waals surface area (Å²) in [5.74, 6) is 0.652. The van der Waals surface area contributed by atoms with Crippen LogP contribution >= 0.6 is 0 Å². The summed E-state index contributed by atoms with van der Waals surface area (Å²) in [5.41, 5.74) is 0. The molecule has 0 rings (SSSR count). The molecule has 0 saturated carbocycles. The Morgan fingerprint density at radius 2 is 1.46 bits per heavy atom. The SMILES string of the molecule is CC(O)C(O)CCC(C)C(C)CO. The Balaban J connectivity index is 3.63. The highest BCUT2D eigenvalue weighted by Gasteiger charge is 2.15. The second-order valence-corrected chi connectivity index (χ2v) is 4.02. The van der Waals surface area contributed by atoms with Crippen LogP contribution in [0.5, 0.6) is 0 Å². The molecule has 4 unspecified atom stereocenters. The molecule has 3 heteroatoms. The van der Waals surface area contributed by atoms with Gasteiger partial charge in [-0.1, -0.05) is 13.8 Å². The van der Waals surface area contributed by atoms with Gasteiger partial charge in [0, 0.05) is 6.61 Å². The third-order valence-electron chi connectivity index (χ3n) is 2.73. The molecule has 0 aromatic heterocycles. The van der Waals surface area contributed by atoms with Crippen molar-refractivity contribution in [2.24, 2.45) is 11.8 Å². The van der Waals surface area contributed by atoms with Crippen LogP contribution in [-0.4, -0.2) is 34.1 Å². The topological polar surface area (TPSA) is 60.7 Å². The van der Waals surface area contributed by atoms with Crippen LogP contribution in [0.25, 0.3) is 0 Å². The van der Waals surface area contributed by atoms with Gasteiger partial charge in [-0.3, -0.25) is 0 Å². The van der Waals surface area contributed by atoms with Gasteiger partial charge in [0.1, 0.15) is 0 Å². The lowest BCUT2D eigenvalue weighted by Crippen LogP contribution is -2.24. The standard InChI is InChI=1S/C10H22O3/c1-7(8(2)6-11)4-5-10(13)9(3)12/h7-13H,4-6H2,1-3H3. The first kappa shape index (κ1) is 12.9. The molecule has 4 atom stereocenters. The van der Waals surface area contributed by atoms with E-state index >= 15 is 0 Å². The van der Waals surface area contributed by atoms with Crippen molar-refractivity contribution in [1.29, 1.82) is 0 Å². The Morgan fingerprint density at radius 3 is 1.85 bits per heavy atom. The summed E-state index contributed by atoms with van der Waals surface area (Å²) in [7, 11) is 0. The molecule has 13 heavy (non-hydrogen) atoms. The van der Waals surface area contributed by atoms with Crippen LogP contribution in [0.15, 0.2) is 0 Å². The largest absolute Gasteiger partial charge is 0.396 e. The predicted octanol–water partition coefficient (Wildman–Crippen LogP) is 0.773. The van der Waals surface area contributed by atoms with Crippen molar-refractivity contribution in [3.63, 3.8) is 0 Å². The highest BCUT2D eigenvalue weighted by atomic mass is 16.3. The van der Waals surface area contributed by atoms with E-state index in [1.165, 1.54) is 0 Å². The van der Waals surface area contributed by atoms with Gasteiger partial charge >= 0.3 is 0 Å². The number of hydrogen-bond donors (Lipinski definition) is 3.